The molecule has 0 unspecified atom stereocenters. The van der Waals surface area contributed by atoms with Crippen molar-refractivity contribution >= 4 is 32.5 Å². The molecule has 0 radical (unpaired) electrons. The van der Waals surface area contributed by atoms with Crippen LogP contribution in [0.2, 0.25) is 0 Å². The highest BCUT2D eigenvalue weighted by Crippen LogP contribution is 2.19. The van der Waals surface area contributed by atoms with E-state index in [-0.39, 0.29) is 12.1 Å². The summed E-state index contributed by atoms with van der Waals surface area (Å²) in [6, 6.07) is 8.94. The monoisotopic (exact) mass is 324 g/mol. The zero-order valence-electron chi connectivity index (χ0n) is 12.3. The minimum atomic E-state index is -0.420. The smallest absolute Gasteiger partial charge is 0.336 e. The Balaban J connectivity index is 1.90. The van der Waals surface area contributed by atoms with Gasteiger partial charge in [0.2, 0.25) is 0 Å². The Bertz CT molecular complexity index is 1150. The van der Waals surface area contributed by atoms with Gasteiger partial charge >= 0.3 is 5.63 Å². The first-order chi connectivity index (χ1) is 11.1. The highest BCUT2D eigenvalue weighted by molar-refractivity contribution is 7.17. The zero-order chi connectivity index (χ0) is 16.0. The molecule has 0 fully saturated rings. The third kappa shape index (κ3) is 2.37. The largest absolute Gasteiger partial charge is 0.423 e. The molecule has 0 aliphatic rings. The molecule has 0 amide bonds. The third-order valence-corrected chi connectivity index (χ3v) is 4.65. The normalized spacial score (nSPS) is 11.3. The number of hydrogen-bond acceptors (Lipinski definition) is 5. The summed E-state index contributed by atoms with van der Waals surface area (Å²) in [6.07, 6.45) is 1.52. The van der Waals surface area contributed by atoms with E-state index in [9.17, 15) is 9.59 Å². The fourth-order valence-electron chi connectivity index (χ4n) is 2.64. The lowest BCUT2D eigenvalue weighted by Crippen LogP contribution is -2.21. The Morgan fingerprint density at radius 1 is 1.22 bits per heavy atom. The molecule has 3 aromatic heterocycles. The van der Waals surface area contributed by atoms with Gasteiger partial charge in [-0.1, -0.05) is 12.1 Å². The van der Waals surface area contributed by atoms with E-state index in [4.69, 9.17) is 4.42 Å². The second-order valence-corrected chi connectivity index (χ2v) is 6.32. The van der Waals surface area contributed by atoms with Crippen molar-refractivity contribution in [3.63, 3.8) is 0 Å². The molecule has 114 valence electrons. The highest BCUT2D eigenvalue weighted by Gasteiger charge is 2.10. The van der Waals surface area contributed by atoms with E-state index in [0.717, 1.165) is 16.5 Å². The van der Waals surface area contributed by atoms with Crippen LogP contribution >= 0.6 is 11.3 Å². The Labute approximate surface area is 134 Å². The van der Waals surface area contributed by atoms with E-state index >= 15 is 0 Å². The van der Waals surface area contributed by atoms with Gasteiger partial charge in [0.1, 0.15) is 10.3 Å². The van der Waals surface area contributed by atoms with Crippen molar-refractivity contribution in [3.05, 3.63) is 73.9 Å². The molecule has 3 heterocycles. The summed E-state index contributed by atoms with van der Waals surface area (Å²) >= 11 is 1.37. The topological polar surface area (TPSA) is 65.1 Å². The van der Waals surface area contributed by atoms with Crippen molar-refractivity contribution in [2.24, 2.45) is 0 Å². The average molecular weight is 324 g/mol. The standard InChI is InChI=1S/C17H12N2O3S/c1-10-2-3-12-11(7-15(20)22-14(12)6-10)8-19-9-18-13-4-5-23-16(13)17(19)21/h2-7,9H,8H2,1H3. The van der Waals surface area contributed by atoms with Crippen molar-refractivity contribution in [1.82, 2.24) is 9.55 Å². The molecule has 0 N–H and O–H groups in total. The molecule has 0 bridgehead atoms. The lowest BCUT2D eigenvalue weighted by atomic mass is 10.1. The van der Waals surface area contributed by atoms with Crippen LogP contribution in [0.25, 0.3) is 21.2 Å². The molecule has 0 saturated carbocycles. The predicted molar refractivity (Wildman–Crippen MR) is 90.2 cm³/mol. The molecule has 4 rings (SSSR count). The van der Waals surface area contributed by atoms with Gasteiger partial charge in [0, 0.05) is 11.5 Å². The Morgan fingerprint density at radius 3 is 2.96 bits per heavy atom. The maximum atomic E-state index is 12.5. The number of thiophene rings is 1. The van der Waals surface area contributed by atoms with Gasteiger partial charge in [-0.2, -0.15) is 0 Å². The van der Waals surface area contributed by atoms with Crippen molar-refractivity contribution in [2.75, 3.05) is 0 Å². The van der Waals surface area contributed by atoms with E-state index in [1.807, 2.05) is 36.6 Å². The number of rotatable bonds is 2. The lowest BCUT2D eigenvalue weighted by Gasteiger charge is -2.08. The molecule has 1 aromatic carbocycles. The number of aryl methyl sites for hydroxylation is 1. The van der Waals surface area contributed by atoms with Crippen LogP contribution in [0.1, 0.15) is 11.1 Å². The number of nitrogens with zero attached hydrogens (tertiary/aromatic N) is 2. The maximum Gasteiger partial charge on any atom is 0.336 e. The number of hydrogen-bond donors (Lipinski definition) is 0. The summed E-state index contributed by atoms with van der Waals surface area (Å²) in [7, 11) is 0. The first-order valence-electron chi connectivity index (χ1n) is 7.08. The van der Waals surface area contributed by atoms with Gasteiger partial charge in [0.05, 0.1) is 18.4 Å². The fourth-order valence-corrected chi connectivity index (χ4v) is 3.44. The summed E-state index contributed by atoms with van der Waals surface area (Å²) < 4.78 is 7.39. The molecule has 0 atom stereocenters. The summed E-state index contributed by atoms with van der Waals surface area (Å²) in [5.41, 5.74) is 2.47. The quantitative estimate of drug-likeness (QED) is 0.532. The minimum Gasteiger partial charge on any atom is -0.423 e. The van der Waals surface area contributed by atoms with Gasteiger partial charge < -0.3 is 4.42 Å². The van der Waals surface area contributed by atoms with Gasteiger partial charge in [-0.15, -0.1) is 11.3 Å². The molecule has 0 saturated heterocycles. The van der Waals surface area contributed by atoms with Crippen LogP contribution in [0.4, 0.5) is 0 Å². The molecule has 0 aliphatic carbocycles. The molecule has 23 heavy (non-hydrogen) atoms. The number of benzene rings is 1. The SMILES string of the molecule is Cc1ccc2c(Cn3cnc4ccsc4c3=O)cc(=O)oc2c1. The van der Waals surface area contributed by atoms with Crippen LogP contribution in [0, 0.1) is 6.92 Å². The summed E-state index contributed by atoms with van der Waals surface area (Å²) in [5.74, 6) is 0. The molecular formula is C17H12N2O3S. The van der Waals surface area contributed by atoms with E-state index in [1.54, 1.807) is 0 Å². The third-order valence-electron chi connectivity index (χ3n) is 3.76. The second-order valence-electron chi connectivity index (χ2n) is 5.40. The van der Waals surface area contributed by atoms with Crippen LogP contribution < -0.4 is 11.2 Å². The first-order valence-corrected chi connectivity index (χ1v) is 7.96. The van der Waals surface area contributed by atoms with Crippen LogP contribution in [-0.4, -0.2) is 9.55 Å². The number of aromatic nitrogens is 2. The van der Waals surface area contributed by atoms with Crippen molar-refractivity contribution in [3.8, 4) is 0 Å². The molecule has 4 aromatic rings. The van der Waals surface area contributed by atoms with Gasteiger partial charge in [0.15, 0.2) is 0 Å². The van der Waals surface area contributed by atoms with E-state index in [2.05, 4.69) is 4.98 Å². The number of fused-ring (bicyclic) bond motifs is 2. The van der Waals surface area contributed by atoms with Crippen molar-refractivity contribution < 1.29 is 4.42 Å². The Kier molecular flexibility index (Phi) is 3.12. The molecule has 0 spiro atoms. The van der Waals surface area contributed by atoms with Crippen molar-refractivity contribution in [2.45, 2.75) is 13.5 Å². The van der Waals surface area contributed by atoms with Gasteiger partial charge in [-0.3, -0.25) is 9.36 Å². The molecular weight excluding hydrogens is 312 g/mol. The maximum absolute atomic E-state index is 12.5. The Morgan fingerprint density at radius 2 is 2.09 bits per heavy atom. The van der Waals surface area contributed by atoms with Gasteiger partial charge in [0.25, 0.3) is 5.56 Å². The van der Waals surface area contributed by atoms with Crippen LogP contribution in [-0.2, 0) is 6.54 Å². The summed E-state index contributed by atoms with van der Waals surface area (Å²) in [4.78, 5) is 28.6. The van der Waals surface area contributed by atoms with Gasteiger partial charge in [-0.05, 0) is 35.6 Å². The summed E-state index contributed by atoms with van der Waals surface area (Å²) in [5, 5.41) is 2.67. The molecule has 0 aliphatic heterocycles. The summed E-state index contributed by atoms with van der Waals surface area (Å²) in [6.45, 7) is 2.22. The highest BCUT2D eigenvalue weighted by atomic mass is 32.1. The zero-order valence-corrected chi connectivity index (χ0v) is 13.1. The van der Waals surface area contributed by atoms with E-state index < -0.39 is 5.63 Å². The van der Waals surface area contributed by atoms with E-state index in [0.29, 0.717) is 15.8 Å². The van der Waals surface area contributed by atoms with E-state index in [1.165, 1.54) is 28.3 Å². The Hall–Kier alpha value is -2.73. The average Bonchev–Trinajstić information content (AvgIpc) is 2.98. The first kappa shape index (κ1) is 13.9. The van der Waals surface area contributed by atoms with Crippen LogP contribution in [0.15, 0.2) is 56.0 Å². The predicted octanol–water partition coefficient (Wildman–Crippen LogP) is 2.92. The molecule has 5 nitrogen and oxygen atoms in total. The second kappa shape index (κ2) is 5.17. The van der Waals surface area contributed by atoms with Crippen LogP contribution in [0.3, 0.4) is 0 Å². The van der Waals surface area contributed by atoms with Crippen LogP contribution in [0.5, 0.6) is 0 Å². The van der Waals surface area contributed by atoms with Gasteiger partial charge in [-0.25, -0.2) is 9.78 Å². The van der Waals surface area contributed by atoms with Crippen molar-refractivity contribution in [1.29, 1.82) is 0 Å². The molecule has 6 heteroatoms. The minimum absolute atomic E-state index is 0.0986. The fraction of sp³-hybridized carbons (Fsp3) is 0.118. The lowest BCUT2D eigenvalue weighted by molar-refractivity contribution is 0.557.